The second-order valence-electron chi connectivity index (χ2n) is 7.88. The molecule has 2 aliphatic heterocycles. The first-order valence-electron chi connectivity index (χ1n) is 10.6. The number of benzene rings is 2. The summed E-state index contributed by atoms with van der Waals surface area (Å²) in [6, 6.07) is 14.5. The second kappa shape index (κ2) is 9.28. The molecule has 2 heterocycles. The van der Waals surface area contributed by atoms with E-state index >= 15 is 0 Å². The van der Waals surface area contributed by atoms with E-state index in [9.17, 15) is 0 Å². The Hall–Kier alpha value is -2.89. The minimum absolute atomic E-state index is 0.427. The smallest absolute Gasteiger partial charge is 0.193 e. The van der Waals surface area contributed by atoms with Crippen molar-refractivity contribution in [2.75, 3.05) is 47.5 Å². The second-order valence-corrected chi connectivity index (χ2v) is 7.88. The van der Waals surface area contributed by atoms with Gasteiger partial charge in [-0.05, 0) is 42.2 Å². The quantitative estimate of drug-likeness (QED) is 0.604. The van der Waals surface area contributed by atoms with Crippen LogP contribution >= 0.6 is 0 Å². The topological polar surface area (TPSA) is 55.3 Å². The summed E-state index contributed by atoms with van der Waals surface area (Å²) in [6.45, 7) is 3.54. The molecule has 0 radical (unpaired) electrons. The Labute approximate surface area is 178 Å². The summed E-state index contributed by atoms with van der Waals surface area (Å²) >= 11 is 0. The number of hydrogen-bond donors (Lipinski definition) is 1. The van der Waals surface area contributed by atoms with Crippen LogP contribution in [0.5, 0.6) is 17.2 Å². The zero-order valence-corrected chi connectivity index (χ0v) is 18.1. The highest BCUT2D eigenvalue weighted by atomic mass is 16.5. The fraction of sp³-hybridized carbons (Fsp3) is 0.458. The molecule has 0 aliphatic carbocycles. The van der Waals surface area contributed by atoms with Crippen molar-refractivity contribution in [2.24, 2.45) is 4.99 Å². The van der Waals surface area contributed by atoms with Crippen molar-refractivity contribution in [1.82, 2.24) is 10.2 Å². The Kier molecular flexibility index (Phi) is 6.31. The molecule has 4 rings (SSSR count). The van der Waals surface area contributed by atoms with Crippen LogP contribution in [-0.2, 0) is 0 Å². The Morgan fingerprint density at radius 1 is 1.13 bits per heavy atom. The molecule has 30 heavy (non-hydrogen) atoms. The lowest BCUT2D eigenvalue weighted by atomic mass is 9.93. The average molecular weight is 410 g/mol. The first-order valence-corrected chi connectivity index (χ1v) is 10.6. The molecule has 2 unspecified atom stereocenters. The molecule has 0 aromatic heterocycles. The van der Waals surface area contributed by atoms with Crippen molar-refractivity contribution in [3.8, 4) is 17.2 Å². The van der Waals surface area contributed by atoms with E-state index in [1.165, 1.54) is 11.1 Å². The average Bonchev–Trinajstić information content (AvgIpc) is 3.29. The summed E-state index contributed by atoms with van der Waals surface area (Å²) in [6.07, 6.45) is 2.10. The van der Waals surface area contributed by atoms with Gasteiger partial charge in [0.25, 0.3) is 0 Å². The zero-order chi connectivity index (χ0) is 20.9. The molecule has 0 spiro atoms. The Balaban J connectivity index is 1.40. The minimum atomic E-state index is 0.427. The van der Waals surface area contributed by atoms with Crippen molar-refractivity contribution in [2.45, 2.75) is 24.7 Å². The molecule has 1 N–H and O–H groups in total. The monoisotopic (exact) mass is 409 g/mol. The third-order valence-electron chi connectivity index (χ3n) is 6.13. The maximum Gasteiger partial charge on any atom is 0.193 e. The summed E-state index contributed by atoms with van der Waals surface area (Å²) in [5.41, 5.74) is 2.54. The van der Waals surface area contributed by atoms with Crippen LogP contribution in [0.15, 0.2) is 47.5 Å². The number of nitrogens with one attached hydrogen (secondary N) is 1. The molecular weight excluding hydrogens is 378 g/mol. The lowest BCUT2D eigenvalue weighted by molar-refractivity contribution is 0.266. The molecular formula is C24H31N3O3. The highest BCUT2D eigenvalue weighted by Gasteiger charge is 2.28. The van der Waals surface area contributed by atoms with Crippen LogP contribution in [-0.4, -0.2) is 58.4 Å². The predicted molar refractivity (Wildman–Crippen MR) is 119 cm³/mol. The molecule has 6 heteroatoms. The first kappa shape index (κ1) is 20.4. The standard InChI is InChI=1S/C24H31N3O3/c1-25-24(26-15-17-9-11-30-23-7-5-4-6-22(17)23)27-10-8-18(16-27)19-12-20(28-2)14-21(13-19)29-3/h4-7,12-14,17-18H,8-11,15-16H2,1-3H3,(H,25,26). The van der Waals surface area contributed by atoms with Crippen LogP contribution in [0.25, 0.3) is 0 Å². The van der Waals surface area contributed by atoms with Gasteiger partial charge in [0.05, 0.1) is 20.8 Å². The van der Waals surface area contributed by atoms with Crippen LogP contribution in [0.4, 0.5) is 0 Å². The number of aliphatic imine (C=N–C) groups is 1. The lowest BCUT2D eigenvalue weighted by Gasteiger charge is -2.28. The third kappa shape index (κ3) is 4.32. The molecule has 0 bridgehead atoms. The number of nitrogens with zero attached hydrogens (tertiary/aromatic N) is 2. The molecule has 2 atom stereocenters. The van der Waals surface area contributed by atoms with E-state index in [-0.39, 0.29) is 0 Å². The number of fused-ring (bicyclic) bond motifs is 1. The first-order chi connectivity index (χ1) is 14.7. The number of para-hydroxylation sites is 1. The maximum absolute atomic E-state index is 5.80. The highest BCUT2D eigenvalue weighted by molar-refractivity contribution is 5.80. The molecule has 6 nitrogen and oxygen atoms in total. The van der Waals surface area contributed by atoms with Crippen LogP contribution in [0.1, 0.15) is 35.8 Å². The predicted octanol–water partition coefficient (Wildman–Crippen LogP) is 3.63. The van der Waals surface area contributed by atoms with E-state index in [4.69, 9.17) is 14.2 Å². The van der Waals surface area contributed by atoms with E-state index in [1.54, 1.807) is 14.2 Å². The van der Waals surface area contributed by atoms with Crippen molar-refractivity contribution in [1.29, 1.82) is 0 Å². The summed E-state index contributed by atoms with van der Waals surface area (Å²) in [5, 5.41) is 3.61. The summed E-state index contributed by atoms with van der Waals surface area (Å²) in [5.74, 6) is 4.52. The van der Waals surface area contributed by atoms with Crippen molar-refractivity contribution in [3.05, 3.63) is 53.6 Å². The van der Waals surface area contributed by atoms with E-state index in [2.05, 4.69) is 45.5 Å². The number of ether oxygens (including phenoxy) is 3. The van der Waals surface area contributed by atoms with Gasteiger partial charge < -0.3 is 24.4 Å². The van der Waals surface area contributed by atoms with Gasteiger partial charge in [-0.15, -0.1) is 0 Å². The third-order valence-corrected chi connectivity index (χ3v) is 6.13. The Bertz CT molecular complexity index is 877. The number of rotatable bonds is 5. The summed E-state index contributed by atoms with van der Waals surface area (Å²) in [7, 11) is 5.25. The number of methoxy groups -OCH3 is 2. The number of guanidine groups is 1. The van der Waals surface area contributed by atoms with Crippen LogP contribution < -0.4 is 19.5 Å². The van der Waals surface area contributed by atoms with Gasteiger partial charge in [0.1, 0.15) is 17.2 Å². The van der Waals surface area contributed by atoms with Gasteiger partial charge in [0, 0.05) is 44.6 Å². The number of likely N-dealkylation sites (tertiary alicyclic amines) is 1. The SMILES string of the molecule is CN=C(NCC1CCOc2ccccc21)N1CCC(c2cc(OC)cc(OC)c2)C1. The zero-order valence-electron chi connectivity index (χ0n) is 18.1. The summed E-state index contributed by atoms with van der Waals surface area (Å²) in [4.78, 5) is 6.91. The van der Waals surface area contributed by atoms with Gasteiger partial charge in [-0.1, -0.05) is 18.2 Å². The van der Waals surface area contributed by atoms with E-state index < -0.39 is 0 Å². The van der Waals surface area contributed by atoms with Crippen LogP contribution in [0.3, 0.4) is 0 Å². The van der Waals surface area contributed by atoms with Gasteiger partial charge >= 0.3 is 0 Å². The van der Waals surface area contributed by atoms with Gasteiger partial charge in [0.15, 0.2) is 5.96 Å². The number of hydrogen-bond acceptors (Lipinski definition) is 4. The molecule has 160 valence electrons. The van der Waals surface area contributed by atoms with E-state index in [0.717, 1.165) is 62.3 Å². The van der Waals surface area contributed by atoms with Crippen LogP contribution in [0.2, 0.25) is 0 Å². The molecule has 0 saturated carbocycles. The molecule has 2 aliphatic rings. The van der Waals surface area contributed by atoms with E-state index in [0.29, 0.717) is 11.8 Å². The van der Waals surface area contributed by atoms with Gasteiger partial charge in [-0.3, -0.25) is 4.99 Å². The van der Waals surface area contributed by atoms with Crippen molar-refractivity contribution < 1.29 is 14.2 Å². The molecule has 2 aromatic rings. The largest absolute Gasteiger partial charge is 0.497 e. The maximum atomic E-state index is 5.80. The normalized spacial score (nSPS) is 21.0. The molecule has 0 amide bonds. The lowest BCUT2D eigenvalue weighted by Crippen LogP contribution is -2.42. The summed E-state index contributed by atoms with van der Waals surface area (Å²) < 4.78 is 16.7. The van der Waals surface area contributed by atoms with E-state index in [1.807, 2.05) is 19.2 Å². The molecule has 1 fully saturated rings. The Morgan fingerprint density at radius 2 is 1.90 bits per heavy atom. The van der Waals surface area contributed by atoms with Gasteiger partial charge in [-0.2, -0.15) is 0 Å². The molecule has 2 aromatic carbocycles. The fourth-order valence-electron chi connectivity index (χ4n) is 4.46. The van der Waals surface area contributed by atoms with Gasteiger partial charge in [-0.25, -0.2) is 0 Å². The van der Waals surface area contributed by atoms with Crippen molar-refractivity contribution in [3.63, 3.8) is 0 Å². The minimum Gasteiger partial charge on any atom is -0.497 e. The Morgan fingerprint density at radius 3 is 2.63 bits per heavy atom. The van der Waals surface area contributed by atoms with Crippen molar-refractivity contribution >= 4 is 5.96 Å². The van der Waals surface area contributed by atoms with Gasteiger partial charge in [0.2, 0.25) is 0 Å². The fourth-order valence-corrected chi connectivity index (χ4v) is 4.46. The van der Waals surface area contributed by atoms with Crippen LogP contribution in [0, 0.1) is 0 Å². The molecule has 1 saturated heterocycles. The highest BCUT2D eigenvalue weighted by Crippen LogP contribution is 2.34.